The molecule has 2 atom stereocenters. The van der Waals surface area contributed by atoms with Gasteiger partial charge in [0.05, 0.1) is 6.61 Å². The minimum absolute atomic E-state index is 0.0261. The third kappa shape index (κ3) is 3.02. The summed E-state index contributed by atoms with van der Waals surface area (Å²) in [6, 6.07) is -0.0261. The summed E-state index contributed by atoms with van der Waals surface area (Å²) in [5.41, 5.74) is 0. The van der Waals surface area contributed by atoms with E-state index in [9.17, 15) is 4.79 Å². The molecule has 0 radical (unpaired) electrons. The summed E-state index contributed by atoms with van der Waals surface area (Å²) in [5.74, 6) is 1.01. The molecule has 2 saturated heterocycles. The molecule has 0 bridgehead atoms. The lowest BCUT2D eigenvalue weighted by molar-refractivity contribution is -0.153. The van der Waals surface area contributed by atoms with Gasteiger partial charge in [-0.25, -0.2) is 4.98 Å². The van der Waals surface area contributed by atoms with Gasteiger partial charge in [0, 0.05) is 52.2 Å². The number of nitrogens with zero attached hydrogens (tertiary/aromatic N) is 4. The molecule has 1 aromatic rings. The number of morpholine rings is 1. The number of carbonyl (C=O) groups is 1. The van der Waals surface area contributed by atoms with Crippen molar-refractivity contribution in [2.24, 2.45) is 7.05 Å². The van der Waals surface area contributed by atoms with E-state index in [4.69, 9.17) is 4.74 Å². The Labute approximate surface area is 131 Å². The molecule has 2 fully saturated rings. The number of carbonyl (C=O) groups excluding carboxylic acids is 1. The van der Waals surface area contributed by atoms with E-state index in [1.54, 1.807) is 6.20 Å². The highest BCUT2D eigenvalue weighted by molar-refractivity contribution is 5.82. The molecule has 1 aromatic heterocycles. The zero-order valence-electron chi connectivity index (χ0n) is 13.4. The Kier molecular flexibility index (Phi) is 4.75. The summed E-state index contributed by atoms with van der Waals surface area (Å²) >= 11 is 0. The van der Waals surface area contributed by atoms with Crippen LogP contribution in [-0.2, 0) is 16.6 Å². The first-order valence-corrected chi connectivity index (χ1v) is 8.03. The van der Waals surface area contributed by atoms with Gasteiger partial charge in [0.15, 0.2) is 0 Å². The lowest BCUT2D eigenvalue weighted by Crippen LogP contribution is -2.56. The summed E-state index contributed by atoms with van der Waals surface area (Å²) in [5, 5.41) is 3.36. The maximum Gasteiger partial charge on any atom is 0.253 e. The van der Waals surface area contributed by atoms with Crippen LogP contribution in [-0.4, -0.2) is 77.2 Å². The van der Waals surface area contributed by atoms with Crippen LogP contribution in [0.1, 0.15) is 18.8 Å². The van der Waals surface area contributed by atoms with Gasteiger partial charge in [0.25, 0.3) is 5.91 Å². The van der Waals surface area contributed by atoms with Gasteiger partial charge < -0.3 is 19.5 Å². The molecular weight excluding hydrogens is 282 g/mol. The number of rotatable bonds is 3. The van der Waals surface area contributed by atoms with Crippen LogP contribution < -0.4 is 5.32 Å². The van der Waals surface area contributed by atoms with E-state index >= 15 is 0 Å². The van der Waals surface area contributed by atoms with Crippen LogP contribution in [0.15, 0.2) is 12.4 Å². The van der Waals surface area contributed by atoms with Crippen molar-refractivity contribution in [3.05, 3.63) is 18.2 Å². The molecule has 2 unspecified atom stereocenters. The van der Waals surface area contributed by atoms with Gasteiger partial charge in [-0.2, -0.15) is 0 Å². The molecule has 122 valence electrons. The molecule has 2 aliphatic heterocycles. The van der Waals surface area contributed by atoms with Crippen molar-refractivity contribution in [2.45, 2.75) is 19.1 Å². The van der Waals surface area contributed by atoms with E-state index < -0.39 is 0 Å². The number of amides is 1. The van der Waals surface area contributed by atoms with Crippen molar-refractivity contribution in [3.63, 3.8) is 0 Å². The summed E-state index contributed by atoms with van der Waals surface area (Å²) in [6.45, 7) is 7.55. The Balaban J connectivity index is 1.75. The number of likely N-dealkylation sites (N-methyl/N-ethyl adjacent to an activating group) is 1. The third-order valence-corrected chi connectivity index (χ3v) is 4.56. The van der Waals surface area contributed by atoms with Gasteiger partial charge in [-0.1, -0.05) is 6.92 Å². The Morgan fingerprint density at radius 3 is 3.09 bits per heavy atom. The second-order valence-electron chi connectivity index (χ2n) is 5.90. The van der Waals surface area contributed by atoms with Crippen molar-refractivity contribution in [2.75, 3.05) is 45.9 Å². The van der Waals surface area contributed by atoms with Crippen molar-refractivity contribution in [1.82, 2.24) is 24.7 Å². The Morgan fingerprint density at radius 1 is 1.50 bits per heavy atom. The van der Waals surface area contributed by atoms with Crippen molar-refractivity contribution in [1.29, 1.82) is 0 Å². The molecule has 22 heavy (non-hydrogen) atoms. The number of hydrogen-bond donors (Lipinski definition) is 1. The van der Waals surface area contributed by atoms with Gasteiger partial charge in [-0.05, 0) is 6.54 Å². The van der Waals surface area contributed by atoms with Crippen LogP contribution in [0.4, 0.5) is 0 Å². The average Bonchev–Trinajstić information content (AvgIpc) is 3.00. The predicted molar refractivity (Wildman–Crippen MR) is 82.4 cm³/mol. The summed E-state index contributed by atoms with van der Waals surface area (Å²) in [7, 11) is 1.97. The summed E-state index contributed by atoms with van der Waals surface area (Å²) < 4.78 is 7.72. The summed E-state index contributed by atoms with van der Waals surface area (Å²) in [6.07, 6.45) is 3.35. The van der Waals surface area contributed by atoms with E-state index in [0.717, 1.165) is 32.0 Å². The molecular formula is C15H25N5O2. The highest BCUT2D eigenvalue weighted by Gasteiger charge is 2.36. The molecule has 0 saturated carbocycles. The van der Waals surface area contributed by atoms with Crippen molar-refractivity contribution in [3.8, 4) is 0 Å². The molecule has 2 aliphatic rings. The Hall–Kier alpha value is -1.44. The van der Waals surface area contributed by atoms with Crippen LogP contribution >= 0.6 is 0 Å². The van der Waals surface area contributed by atoms with Crippen molar-refractivity contribution >= 4 is 5.91 Å². The Bertz CT molecular complexity index is 518. The number of imidazole rings is 1. The fraction of sp³-hybridized carbons (Fsp3) is 0.733. The summed E-state index contributed by atoms with van der Waals surface area (Å²) in [4.78, 5) is 21.6. The smallest absolute Gasteiger partial charge is 0.253 e. The number of aromatic nitrogens is 2. The molecule has 0 aliphatic carbocycles. The number of aryl methyl sites for hydroxylation is 1. The lowest BCUT2D eigenvalue weighted by Gasteiger charge is -2.40. The standard InChI is InChI=1S/C15H25N5O2/c1-3-19-8-9-22-13(11-19)15(21)20-7-4-16-10-12(20)14-17-5-6-18(14)2/h5-6,12-13,16H,3-4,7-11H2,1-2H3. The third-order valence-electron chi connectivity index (χ3n) is 4.56. The van der Waals surface area contributed by atoms with E-state index in [1.165, 1.54) is 0 Å². The number of ether oxygens (including phenoxy) is 1. The first-order chi connectivity index (χ1) is 10.7. The zero-order chi connectivity index (χ0) is 15.5. The fourth-order valence-corrected chi connectivity index (χ4v) is 3.22. The highest BCUT2D eigenvalue weighted by atomic mass is 16.5. The second-order valence-corrected chi connectivity index (χ2v) is 5.90. The van der Waals surface area contributed by atoms with Gasteiger partial charge in [-0.15, -0.1) is 0 Å². The van der Waals surface area contributed by atoms with Gasteiger partial charge in [0.2, 0.25) is 0 Å². The lowest BCUT2D eigenvalue weighted by atomic mass is 10.1. The topological polar surface area (TPSA) is 62.6 Å². The number of piperazine rings is 1. The van der Waals surface area contributed by atoms with E-state index in [1.807, 2.05) is 22.7 Å². The van der Waals surface area contributed by atoms with Crippen LogP contribution in [0.5, 0.6) is 0 Å². The minimum Gasteiger partial charge on any atom is -0.366 e. The molecule has 3 heterocycles. The maximum absolute atomic E-state index is 12.9. The molecule has 0 spiro atoms. The van der Waals surface area contributed by atoms with E-state index in [0.29, 0.717) is 19.7 Å². The van der Waals surface area contributed by atoms with Gasteiger partial charge in [-0.3, -0.25) is 9.69 Å². The highest BCUT2D eigenvalue weighted by Crippen LogP contribution is 2.22. The molecule has 7 nitrogen and oxygen atoms in total. The fourth-order valence-electron chi connectivity index (χ4n) is 3.22. The molecule has 7 heteroatoms. The first kappa shape index (κ1) is 15.5. The zero-order valence-corrected chi connectivity index (χ0v) is 13.4. The molecule has 0 aromatic carbocycles. The number of hydrogen-bond acceptors (Lipinski definition) is 5. The van der Waals surface area contributed by atoms with Crippen LogP contribution in [0, 0.1) is 0 Å². The average molecular weight is 307 g/mol. The maximum atomic E-state index is 12.9. The van der Waals surface area contributed by atoms with Gasteiger partial charge >= 0.3 is 0 Å². The number of nitrogens with one attached hydrogen (secondary N) is 1. The van der Waals surface area contributed by atoms with Crippen molar-refractivity contribution < 1.29 is 9.53 Å². The van der Waals surface area contributed by atoms with E-state index in [2.05, 4.69) is 22.1 Å². The Morgan fingerprint density at radius 2 is 2.36 bits per heavy atom. The minimum atomic E-state index is -0.352. The molecule has 3 rings (SSSR count). The normalized spacial score (nSPS) is 27.1. The van der Waals surface area contributed by atoms with Gasteiger partial charge in [0.1, 0.15) is 18.0 Å². The molecule has 1 amide bonds. The van der Waals surface area contributed by atoms with Crippen LogP contribution in [0.3, 0.4) is 0 Å². The largest absolute Gasteiger partial charge is 0.366 e. The predicted octanol–water partition coefficient (Wildman–Crippen LogP) is -0.386. The first-order valence-electron chi connectivity index (χ1n) is 8.03. The van der Waals surface area contributed by atoms with E-state index in [-0.39, 0.29) is 18.1 Å². The quantitative estimate of drug-likeness (QED) is 0.824. The van der Waals surface area contributed by atoms with Crippen LogP contribution in [0.2, 0.25) is 0 Å². The monoisotopic (exact) mass is 307 g/mol. The SMILES string of the molecule is CCN1CCOC(C(=O)N2CCNCC2c2nccn2C)C1. The van der Waals surface area contributed by atoms with Crippen LogP contribution in [0.25, 0.3) is 0 Å². The second kappa shape index (κ2) is 6.76. The molecule has 1 N–H and O–H groups in total.